The molecule has 0 aliphatic carbocycles. The lowest BCUT2D eigenvalue weighted by Gasteiger charge is -2.20. The minimum atomic E-state index is -0.613. The van der Waals surface area contributed by atoms with Crippen LogP contribution in [0.3, 0.4) is 0 Å². The molecule has 26 heavy (non-hydrogen) atoms. The zero-order chi connectivity index (χ0) is 18.1. The van der Waals surface area contributed by atoms with Crippen LogP contribution in [0.15, 0.2) is 43.0 Å². The Morgan fingerprint density at radius 2 is 2.04 bits per heavy atom. The number of ether oxygens (including phenoxy) is 1. The number of aromatic nitrogens is 2. The number of nitrogens with zero attached hydrogens (tertiary/aromatic N) is 4. The molecular formula is C18H18N4O4. The maximum absolute atomic E-state index is 12.7. The van der Waals surface area contributed by atoms with Gasteiger partial charge >= 0.3 is 6.09 Å². The van der Waals surface area contributed by atoms with Gasteiger partial charge in [0.05, 0.1) is 12.4 Å². The summed E-state index contributed by atoms with van der Waals surface area (Å²) in [6, 6.07) is 7.14. The number of carbonyl (C=O) groups is 3. The number of rotatable bonds is 4. The smallest absolute Gasteiger partial charge is 0.417 e. The normalized spacial score (nSPS) is 19.9. The molecule has 8 heteroatoms. The minimum absolute atomic E-state index is 0.0957. The summed E-state index contributed by atoms with van der Waals surface area (Å²) in [6.07, 6.45) is 5.31. The van der Waals surface area contributed by atoms with Crippen molar-refractivity contribution in [3.05, 3.63) is 54.1 Å². The van der Waals surface area contributed by atoms with Crippen LogP contribution in [0.5, 0.6) is 0 Å². The second-order valence-electron chi connectivity index (χ2n) is 6.44. The van der Waals surface area contributed by atoms with E-state index in [-0.39, 0.29) is 24.5 Å². The van der Waals surface area contributed by atoms with Crippen LogP contribution >= 0.6 is 0 Å². The minimum Gasteiger partial charge on any atom is -0.439 e. The third-order valence-corrected chi connectivity index (χ3v) is 4.73. The predicted octanol–water partition coefficient (Wildman–Crippen LogP) is 1.12. The van der Waals surface area contributed by atoms with Crippen molar-refractivity contribution in [2.75, 3.05) is 19.7 Å². The van der Waals surface area contributed by atoms with Crippen molar-refractivity contribution in [3.8, 4) is 0 Å². The third-order valence-electron chi connectivity index (χ3n) is 4.73. The van der Waals surface area contributed by atoms with Gasteiger partial charge in [-0.2, -0.15) is 0 Å². The van der Waals surface area contributed by atoms with Crippen molar-refractivity contribution in [3.63, 3.8) is 0 Å². The largest absolute Gasteiger partial charge is 0.439 e. The van der Waals surface area contributed by atoms with Crippen LogP contribution in [0.25, 0.3) is 0 Å². The number of carbonyl (C=O) groups excluding carboxylic acids is 3. The number of hydrogen-bond acceptors (Lipinski definition) is 5. The van der Waals surface area contributed by atoms with Crippen LogP contribution in [0.1, 0.15) is 22.3 Å². The van der Waals surface area contributed by atoms with Crippen LogP contribution < -0.4 is 0 Å². The molecule has 0 bridgehead atoms. The Balaban J connectivity index is 1.40. The van der Waals surface area contributed by atoms with E-state index in [2.05, 4.69) is 4.98 Å². The first-order valence-corrected chi connectivity index (χ1v) is 8.44. The van der Waals surface area contributed by atoms with Gasteiger partial charge in [-0.1, -0.05) is 12.1 Å². The molecule has 0 N–H and O–H groups in total. The molecule has 4 rings (SSSR count). The van der Waals surface area contributed by atoms with Crippen molar-refractivity contribution in [2.24, 2.45) is 0 Å². The number of likely N-dealkylation sites (tertiary alicyclic amines) is 1. The zero-order valence-electron chi connectivity index (χ0n) is 14.1. The van der Waals surface area contributed by atoms with E-state index in [1.165, 1.54) is 0 Å². The van der Waals surface area contributed by atoms with Crippen molar-refractivity contribution < 1.29 is 19.1 Å². The highest BCUT2D eigenvalue weighted by Gasteiger charge is 2.41. The molecule has 1 atom stereocenters. The molecule has 134 valence electrons. The fourth-order valence-corrected chi connectivity index (χ4v) is 3.38. The van der Waals surface area contributed by atoms with Crippen LogP contribution in [0.4, 0.5) is 4.79 Å². The SMILES string of the molecule is O=C(c1ccc(Cn2ccnc2)cc1)N1CCC(N2C(=O)COC2=O)C1. The highest BCUT2D eigenvalue weighted by molar-refractivity contribution is 5.98. The van der Waals surface area contributed by atoms with E-state index in [0.717, 1.165) is 10.5 Å². The number of imide groups is 1. The van der Waals surface area contributed by atoms with Gasteiger partial charge in [0.2, 0.25) is 0 Å². The standard InChI is InChI=1S/C18H18N4O4/c23-16-11-26-18(25)22(16)15-5-7-21(10-15)17(24)14-3-1-13(2-4-14)9-20-8-6-19-12-20/h1-4,6,8,12,15H,5,7,9-11H2. The molecule has 2 fully saturated rings. The van der Waals surface area contributed by atoms with Gasteiger partial charge in [-0.15, -0.1) is 0 Å². The van der Waals surface area contributed by atoms with Gasteiger partial charge in [-0.3, -0.25) is 9.59 Å². The first-order chi connectivity index (χ1) is 12.6. The maximum Gasteiger partial charge on any atom is 0.417 e. The fraction of sp³-hybridized carbons (Fsp3) is 0.333. The molecule has 0 saturated carbocycles. The van der Waals surface area contributed by atoms with Gasteiger partial charge in [-0.05, 0) is 24.1 Å². The average Bonchev–Trinajstić information content (AvgIpc) is 3.37. The predicted molar refractivity (Wildman–Crippen MR) is 90.3 cm³/mol. The van der Waals surface area contributed by atoms with Crippen molar-refractivity contribution in [1.82, 2.24) is 19.4 Å². The Kier molecular flexibility index (Phi) is 4.16. The van der Waals surface area contributed by atoms with Crippen LogP contribution in [0.2, 0.25) is 0 Å². The number of amides is 3. The Morgan fingerprint density at radius 1 is 1.23 bits per heavy atom. The van der Waals surface area contributed by atoms with Crippen molar-refractivity contribution in [1.29, 1.82) is 0 Å². The molecule has 2 saturated heterocycles. The summed E-state index contributed by atoms with van der Waals surface area (Å²) < 4.78 is 6.71. The van der Waals surface area contributed by atoms with E-state index in [1.54, 1.807) is 29.6 Å². The highest BCUT2D eigenvalue weighted by atomic mass is 16.6. The molecule has 2 aliphatic heterocycles. The molecule has 2 aliphatic rings. The van der Waals surface area contributed by atoms with Crippen LogP contribution in [0, 0.1) is 0 Å². The molecule has 2 aromatic rings. The number of imidazole rings is 1. The summed E-state index contributed by atoms with van der Waals surface area (Å²) >= 11 is 0. The van der Waals surface area contributed by atoms with Gasteiger partial charge in [0.15, 0.2) is 6.61 Å². The molecule has 3 amide bonds. The number of benzene rings is 1. The Labute approximate surface area is 150 Å². The van der Waals surface area contributed by atoms with E-state index in [1.807, 2.05) is 22.9 Å². The number of hydrogen-bond donors (Lipinski definition) is 0. The lowest BCUT2D eigenvalue weighted by molar-refractivity contribution is -0.127. The molecule has 0 radical (unpaired) electrons. The highest BCUT2D eigenvalue weighted by Crippen LogP contribution is 2.22. The third kappa shape index (κ3) is 3.05. The maximum atomic E-state index is 12.7. The monoisotopic (exact) mass is 354 g/mol. The van der Waals surface area contributed by atoms with Crippen molar-refractivity contribution >= 4 is 17.9 Å². The Hall–Kier alpha value is -3.16. The second kappa shape index (κ2) is 6.62. The average molecular weight is 354 g/mol. The Bertz CT molecular complexity index is 815. The van der Waals surface area contributed by atoms with E-state index < -0.39 is 6.09 Å². The van der Waals surface area contributed by atoms with E-state index in [4.69, 9.17) is 4.74 Å². The zero-order valence-corrected chi connectivity index (χ0v) is 14.1. The molecule has 8 nitrogen and oxygen atoms in total. The van der Waals surface area contributed by atoms with Gasteiger partial charge in [0, 0.05) is 37.6 Å². The van der Waals surface area contributed by atoms with E-state index >= 15 is 0 Å². The van der Waals surface area contributed by atoms with E-state index in [0.29, 0.717) is 31.6 Å². The molecule has 1 unspecified atom stereocenters. The molecule has 1 aromatic carbocycles. The number of cyclic esters (lactones) is 1. The fourth-order valence-electron chi connectivity index (χ4n) is 3.38. The second-order valence-corrected chi connectivity index (χ2v) is 6.44. The summed E-state index contributed by atoms with van der Waals surface area (Å²) in [5.41, 5.74) is 1.67. The first kappa shape index (κ1) is 16.3. The van der Waals surface area contributed by atoms with Gasteiger partial charge in [-0.25, -0.2) is 14.7 Å². The lowest BCUT2D eigenvalue weighted by atomic mass is 10.1. The molecule has 3 heterocycles. The van der Waals surface area contributed by atoms with Crippen LogP contribution in [-0.2, 0) is 16.1 Å². The lowest BCUT2D eigenvalue weighted by Crippen LogP contribution is -2.42. The molecular weight excluding hydrogens is 336 g/mol. The summed E-state index contributed by atoms with van der Waals surface area (Å²) in [4.78, 5) is 42.9. The van der Waals surface area contributed by atoms with Gasteiger partial charge in [0.1, 0.15) is 0 Å². The molecule has 1 aromatic heterocycles. The van der Waals surface area contributed by atoms with E-state index in [9.17, 15) is 14.4 Å². The quantitative estimate of drug-likeness (QED) is 0.822. The Morgan fingerprint density at radius 3 is 2.69 bits per heavy atom. The summed E-state index contributed by atoms with van der Waals surface area (Å²) in [6.45, 7) is 1.34. The summed E-state index contributed by atoms with van der Waals surface area (Å²) in [5, 5.41) is 0. The first-order valence-electron chi connectivity index (χ1n) is 8.44. The molecule has 0 spiro atoms. The van der Waals surface area contributed by atoms with Crippen LogP contribution in [-0.4, -0.2) is 63.0 Å². The van der Waals surface area contributed by atoms with Gasteiger partial charge < -0.3 is 14.2 Å². The summed E-state index contributed by atoms with van der Waals surface area (Å²) in [7, 11) is 0. The van der Waals surface area contributed by atoms with Gasteiger partial charge in [0.25, 0.3) is 11.8 Å². The summed E-state index contributed by atoms with van der Waals surface area (Å²) in [5.74, 6) is -0.431. The van der Waals surface area contributed by atoms with Crippen molar-refractivity contribution in [2.45, 2.75) is 19.0 Å². The topological polar surface area (TPSA) is 84.7 Å².